The number of amides is 1. The number of allylic oxidation sites excluding steroid dienone is 3. The average Bonchev–Trinajstić information content (AvgIpc) is 3.44. The standard InChI is InChI=1S/C72H139NO5/c1-3-5-7-9-11-13-15-41-45-48-52-56-60-64-70(75)69(68-74)73-71(76)65-61-57-53-49-46-42-39-37-35-33-31-29-27-25-23-21-19-17-16-18-20-22-24-26-28-30-32-34-36-38-40-43-47-51-55-59-63-67-78-72(77)66-62-58-54-50-44-14-12-10-8-6-4-2/h10,12,60,64,69-70,74-75H,3-9,11,13-59,61-63,65-68H2,1-2H3,(H,73,76)/b12-10-,64-60+. The van der Waals surface area contributed by atoms with Crippen LogP contribution >= 0.6 is 0 Å². The third-order valence-electron chi connectivity index (χ3n) is 16.7. The Balaban J connectivity index is 3.30. The molecule has 0 saturated carbocycles. The van der Waals surface area contributed by atoms with Crippen LogP contribution in [0.3, 0.4) is 0 Å². The molecule has 0 aliphatic heterocycles. The topological polar surface area (TPSA) is 95.9 Å². The monoisotopic (exact) mass is 1100 g/mol. The van der Waals surface area contributed by atoms with Gasteiger partial charge in [0.05, 0.1) is 25.4 Å². The first-order chi connectivity index (χ1) is 38.5. The summed E-state index contributed by atoms with van der Waals surface area (Å²) in [5.74, 6) is -0.0482. The van der Waals surface area contributed by atoms with Crippen molar-refractivity contribution in [3.63, 3.8) is 0 Å². The highest BCUT2D eigenvalue weighted by atomic mass is 16.5. The van der Waals surface area contributed by atoms with Crippen LogP contribution < -0.4 is 5.32 Å². The Kier molecular flexibility index (Phi) is 66.4. The van der Waals surface area contributed by atoms with Crippen molar-refractivity contribution in [2.24, 2.45) is 0 Å². The Bertz CT molecular complexity index is 1220. The zero-order chi connectivity index (χ0) is 56.4. The lowest BCUT2D eigenvalue weighted by Gasteiger charge is -2.20. The van der Waals surface area contributed by atoms with Crippen LogP contribution in [-0.2, 0) is 14.3 Å². The molecule has 2 atom stereocenters. The third kappa shape index (κ3) is 63.5. The zero-order valence-electron chi connectivity index (χ0n) is 52.9. The maximum Gasteiger partial charge on any atom is 0.305 e. The molecule has 0 rings (SSSR count). The van der Waals surface area contributed by atoms with Crippen molar-refractivity contribution < 1.29 is 24.5 Å². The molecule has 0 aromatic rings. The summed E-state index contributed by atoms with van der Waals surface area (Å²) >= 11 is 0. The van der Waals surface area contributed by atoms with Crippen molar-refractivity contribution in [2.75, 3.05) is 13.2 Å². The zero-order valence-corrected chi connectivity index (χ0v) is 52.9. The summed E-state index contributed by atoms with van der Waals surface area (Å²) in [6, 6.07) is -0.622. The molecule has 3 N–H and O–H groups in total. The number of carbonyl (C=O) groups is 2. The molecule has 0 spiro atoms. The van der Waals surface area contributed by atoms with Crippen LogP contribution in [0.2, 0.25) is 0 Å². The van der Waals surface area contributed by atoms with Crippen molar-refractivity contribution >= 4 is 11.9 Å². The summed E-state index contributed by atoms with van der Waals surface area (Å²) in [6.45, 7) is 4.89. The van der Waals surface area contributed by atoms with Gasteiger partial charge in [-0.3, -0.25) is 9.59 Å². The SMILES string of the molecule is CCCC/C=C\CCCCCCCC(=O)OCCCCCCCCCCCCCCCCCCCCCCCCCCCCCCCCCCCCCCCC(=O)NC(CO)C(O)/C=C/CCCCCCCCCCCCC. The van der Waals surface area contributed by atoms with E-state index in [1.165, 1.54) is 327 Å². The Morgan fingerprint density at radius 1 is 0.346 bits per heavy atom. The molecular weight excluding hydrogens is 959 g/mol. The molecule has 0 aromatic heterocycles. The second-order valence-corrected chi connectivity index (χ2v) is 24.6. The Hall–Kier alpha value is -1.66. The number of ether oxygens (including phenoxy) is 1. The molecule has 0 bridgehead atoms. The first kappa shape index (κ1) is 76.3. The van der Waals surface area contributed by atoms with E-state index in [1.807, 2.05) is 6.08 Å². The second kappa shape index (κ2) is 67.8. The average molecular weight is 1100 g/mol. The minimum absolute atomic E-state index is 0.0124. The van der Waals surface area contributed by atoms with Gasteiger partial charge in [-0.15, -0.1) is 0 Å². The maximum atomic E-state index is 12.5. The number of rotatable bonds is 67. The van der Waals surface area contributed by atoms with Crippen LogP contribution in [0.25, 0.3) is 0 Å². The van der Waals surface area contributed by atoms with E-state index in [4.69, 9.17) is 4.74 Å². The van der Waals surface area contributed by atoms with E-state index in [0.717, 1.165) is 44.9 Å². The van der Waals surface area contributed by atoms with Crippen molar-refractivity contribution in [3.8, 4) is 0 Å². The molecule has 0 radical (unpaired) electrons. The van der Waals surface area contributed by atoms with Crippen LogP contribution in [-0.4, -0.2) is 47.4 Å². The lowest BCUT2D eigenvalue weighted by Crippen LogP contribution is -2.45. The number of unbranched alkanes of at least 4 members (excludes halogenated alkanes) is 54. The van der Waals surface area contributed by atoms with E-state index in [2.05, 4.69) is 31.3 Å². The normalized spacial score (nSPS) is 12.6. The highest BCUT2D eigenvalue weighted by molar-refractivity contribution is 5.76. The highest BCUT2D eigenvalue weighted by Gasteiger charge is 2.18. The summed E-state index contributed by atoms with van der Waals surface area (Å²) in [7, 11) is 0. The van der Waals surface area contributed by atoms with Crippen molar-refractivity contribution in [1.82, 2.24) is 5.32 Å². The van der Waals surface area contributed by atoms with Gasteiger partial charge in [0.2, 0.25) is 5.91 Å². The highest BCUT2D eigenvalue weighted by Crippen LogP contribution is 2.19. The molecule has 0 fully saturated rings. The summed E-state index contributed by atoms with van der Waals surface area (Å²) in [4.78, 5) is 24.5. The van der Waals surface area contributed by atoms with Crippen molar-refractivity contribution in [3.05, 3.63) is 24.3 Å². The fraction of sp³-hybridized carbons (Fsp3) is 0.917. The van der Waals surface area contributed by atoms with E-state index in [0.29, 0.717) is 19.4 Å². The lowest BCUT2D eigenvalue weighted by atomic mass is 10.0. The van der Waals surface area contributed by atoms with Crippen LogP contribution in [0.15, 0.2) is 24.3 Å². The Morgan fingerprint density at radius 3 is 0.949 bits per heavy atom. The number of nitrogens with one attached hydrogen (secondary N) is 1. The third-order valence-corrected chi connectivity index (χ3v) is 16.7. The molecule has 78 heavy (non-hydrogen) atoms. The summed E-state index contributed by atoms with van der Waals surface area (Å²) in [6.07, 6.45) is 85.7. The van der Waals surface area contributed by atoms with Gasteiger partial charge in [-0.2, -0.15) is 0 Å². The van der Waals surface area contributed by atoms with Gasteiger partial charge in [0.15, 0.2) is 0 Å². The van der Waals surface area contributed by atoms with Crippen LogP contribution in [0.4, 0.5) is 0 Å². The number of hydrogen-bond donors (Lipinski definition) is 3. The Labute approximate surface area is 488 Å². The molecule has 0 aliphatic rings. The predicted octanol–water partition coefficient (Wildman–Crippen LogP) is 22.9. The lowest BCUT2D eigenvalue weighted by molar-refractivity contribution is -0.143. The van der Waals surface area contributed by atoms with Crippen LogP contribution in [0.5, 0.6) is 0 Å². The quantitative estimate of drug-likeness (QED) is 0.0320. The van der Waals surface area contributed by atoms with E-state index in [-0.39, 0.29) is 18.5 Å². The fourth-order valence-electron chi connectivity index (χ4n) is 11.3. The molecule has 6 heteroatoms. The number of hydrogen-bond acceptors (Lipinski definition) is 5. The first-order valence-electron chi connectivity index (χ1n) is 35.6. The largest absolute Gasteiger partial charge is 0.466 e. The molecular formula is C72H139NO5. The fourth-order valence-corrected chi connectivity index (χ4v) is 11.3. The Morgan fingerprint density at radius 2 is 0.615 bits per heavy atom. The van der Waals surface area contributed by atoms with Gasteiger partial charge < -0.3 is 20.3 Å². The molecule has 0 saturated heterocycles. The van der Waals surface area contributed by atoms with Gasteiger partial charge in [0, 0.05) is 12.8 Å². The molecule has 1 amide bonds. The maximum absolute atomic E-state index is 12.5. The minimum Gasteiger partial charge on any atom is -0.466 e. The number of carbonyl (C=O) groups excluding carboxylic acids is 2. The van der Waals surface area contributed by atoms with Crippen molar-refractivity contribution in [1.29, 1.82) is 0 Å². The molecule has 2 unspecified atom stereocenters. The summed E-state index contributed by atoms with van der Waals surface area (Å²) < 4.78 is 5.47. The van der Waals surface area contributed by atoms with Crippen molar-refractivity contribution in [2.45, 2.75) is 411 Å². The van der Waals surface area contributed by atoms with E-state index >= 15 is 0 Å². The van der Waals surface area contributed by atoms with Gasteiger partial charge in [-0.1, -0.05) is 359 Å². The van der Waals surface area contributed by atoms with Gasteiger partial charge in [-0.25, -0.2) is 0 Å². The number of esters is 1. The van der Waals surface area contributed by atoms with E-state index < -0.39 is 12.1 Å². The van der Waals surface area contributed by atoms with Crippen LogP contribution in [0, 0.1) is 0 Å². The van der Waals surface area contributed by atoms with Gasteiger partial charge in [0.25, 0.3) is 0 Å². The number of aliphatic hydroxyl groups is 2. The van der Waals surface area contributed by atoms with Crippen LogP contribution in [0.1, 0.15) is 399 Å². The summed E-state index contributed by atoms with van der Waals surface area (Å²) in [5, 5.41) is 23.1. The number of aliphatic hydroxyl groups excluding tert-OH is 2. The minimum atomic E-state index is -0.839. The predicted molar refractivity (Wildman–Crippen MR) is 343 cm³/mol. The molecule has 0 aromatic carbocycles. The second-order valence-electron chi connectivity index (χ2n) is 24.6. The molecule has 0 aliphatic carbocycles. The molecule has 0 heterocycles. The molecule has 462 valence electrons. The van der Waals surface area contributed by atoms with E-state index in [9.17, 15) is 19.8 Å². The van der Waals surface area contributed by atoms with Gasteiger partial charge >= 0.3 is 5.97 Å². The van der Waals surface area contributed by atoms with Gasteiger partial charge in [-0.05, 0) is 51.4 Å². The summed E-state index contributed by atoms with van der Waals surface area (Å²) in [5.41, 5.74) is 0. The smallest absolute Gasteiger partial charge is 0.305 e. The van der Waals surface area contributed by atoms with Gasteiger partial charge in [0.1, 0.15) is 0 Å². The first-order valence-corrected chi connectivity index (χ1v) is 35.6. The van der Waals surface area contributed by atoms with E-state index in [1.54, 1.807) is 6.08 Å². The molecule has 6 nitrogen and oxygen atoms in total.